The van der Waals surface area contributed by atoms with E-state index in [4.69, 9.17) is 0 Å². The first kappa shape index (κ1) is 17.1. The van der Waals surface area contributed by atoms with Crippen molar-refractivity contribution < 1.29 is 0 Å². The van der Waals surface area contributed by atoms with Crippen molar-refractivity contribution in [1.82, 2.24) is 0 Å². The van der Waals surface area contributed by atoms with Crippen LogP contribution in [0.25, 0.3) is 0 Å². The highest BCUT2D eigenvalue weighted by molar-refractivity contribution is 5.44. The Hall–Kier alpha value is -2.26. The van der Waals surface area contributed by atoms with Crippen LogP contribution in [0.5, 0.6) is 0 Å². The van der Waals surface area contributed by atoms with Gasteiger partial charge in [-0.3, -0.25) is 0 Å². The molecule has 118 valence electrons. The van der Waals surface area contributed by atoms with Gasteiger partial charge in [-0.2, -0.15) is 0 Å². The van der Waals surface area contributed by atoms with Crippen molar-refractivity contribution in [3.8, 4) is 11.8 Å². The van der Waals surface area contributed by atoms with Gasteiger partial charge in [-0.25, -0.2) is 0 Å². The van der Waals surface area contributed by atoms with Gasteiger partial charge in [0.15, 0.2) is 0 Å². The normalized spacial score (nSPS) is 9.96. The monoisotopic (exact) mass is 302 g/mol. The van der Waals surface area contributed by atoms with Crippen molar-refractivity contribution in [2.24, 2.45) is 0 Å². The topological polar surface area (TPSA) is 0 Å². The third-order valence-electron chi connectivity index (χ3n) is 3.93. The molecule has 0 radical (unpaired) electrons. The Bertz CT molecular complexity index is 665. The zero-order valence-electron chi connectivity index (χ0n) is 14.1. The maximum Gasteiger partial charge on any atom is 0.0251 e. The molecule has 0 saturated heterocycles. The highest BCUT2D eigenvalue weighted by Gasteiger charge is 1.95. The summed E-state index contributed by atoms with van der Waals surface area (Å²) in [5.41, 5.74) is 4.84. The molecule has 0 bridgehead atoms. The number of aryl methyl sites for hydroxylation is 1. The zero-order valence-corrected chi connectivity index (χ0v) is 14.1. The summed E-state index contributed by atoms with van der Waals surface area (Å²) in [7, 11) is 0. The summed E-state index contributed by atoms with van der Waals surface area (Å²) in [4.78, 5) is 0. The molecule has 2 rings (SSSR count). The van der Waals surface area contributed by atoms with E-state index in [2.05, 4.69) is 73.9 Å². The molecule has 0 aromatic heterocycles. The Morgan fingerprint density at radius 3 is 2.39 bits per heavy atom. The van der Waals surface area contributed by atoms with Gasteiger partial charge in [0.2, 0.25) is 0 Å². The number of rotatable bonds is 7. The number of benzene rings is 2. The first-order chi connectivity index (χ1) is 11.3. The van der Waals surface area contributed by atoms with Crippen molar-refractivity contribution in [2.75, 3.05) is 0 Å². The fourth-order valence-corrected chi connectivity index (χ4v) is 2.60. The maximum absolute atomic E-state index is 3.77. The summed E-state index contributed by atoms with van der Waals surface area (Å²) in [6.45, 7) is 6.02. The fourth-order valence-electron chi connectivity index (χ4n) is 2.60. The summed E-state index contributed by atoms with van der Waals surface area (Å²) < 4.78 is 0. The maximum atomic E-state index is 3.77. The molecule has 0 saturated carbocycles. The second-order valence-corrected chi connectivity index (χ2v) is 5.95. The molecule has 2 aromatic rings. The zero-order chi connectivity index (χ0) is 16.3. The Morgan fingerprint density at radius 2 is 1.65 bits per heavy atom. The molecular weight excluding hydrogens is 276 g/mol. The van der Waals surface area contributed by atoms with Crippen LogP contribution in [-0.2, 0) is 12.8 Å². The van der Waals surface area contributed by atoms with Gasteiger partial charge in [0.25, 0.3) is 0 Å². The van der Waals surface area contributed by atoms with Gasteiger partial charge in [-0.1, -0.05) is 68.4 Å². The van der Waals surface area contributed by atoms with Gasteiger partial charge in [0.05, 0.1) is 0 Å². The van der Waals surface area contributed by atoms with Crippen molar-refractivity contribution in [2.45, 2.75) is 45.4 Å². The predicted molar refractivity (Wildman–Crippen MR) is 101 cm³/mol. The van der Waals surface area contributed by atoms with Gasteiger partial charge >= 0.3 is 0 Å². The van der Waals surface area contributed by atoms with Crippen molar-refractivity contribution >= 4 is 0 Å². The first-order valence-electron chi connectivity index (χ1n) is 8.62. The Labute approximate surface area is 141 Å². The number of allylic oxidation sites excluding steroid dienone is 1. The van der Waals surface area contributed by atoms with Crippen LogP contribution in [0, 0.1) is 11.8 Å². The van der Waals surface area contributed by atoms with Crippen LogP contribution in [0.15, 0.2) is 61.2 Å². The van der Waals surface area contributed by atoms with E-state index < -0.39 is 0 Å². The SMILES string of the molecule is C=CCc1ccc(C#Cc2cccc(CCCCCC)c2)cc1. The van der Waals surface area contributed by atoms with Crippen molar-refractivity contribution in [1.29, 1.82) is 0 Å². The molecule has 0 aliphatic heterocycles. The number of hydrogen-bond donors (Lipinski definition) is 0. The van der Waals surface area contributed by atoms with E-state index in [0.717, 1.165) is 24.0 Å². The lowest BCUT2D eigenvalue weighted by atomic mass is 10.0. The molecule has 0 N–H and O–H groups in total. The van der Waals surface area contributed by atoms with E-state index in [1.807, 2.05) is 6.08 Å². The largest absolute Gasteiger partial charge is 0.103 e. The molecule has 0 amide bonds. The minimum absolute atomic E-state index is 0.911. The third-order valence-corrected chi connectivity index (χ3v) is 3.93. The first-order valence-corrected chi connectivity index (χ1v) is 8.62. The second-order valence-electron chi connectivity index (χ2n) is 5.95. The van der Waals surface area contributed by atoms with Gasteiger partial charge in [-0.15, -0.1) is 6.58 Å². The average molecular weight is 302 g/mol. The lowest BCUT2D eigenvalue weighted by Crippen LogP contribution is -1.87. The molecule has 0 heterocycles. The van der Waals surface area contributed by atoms with E-state index in [1.54, 1.807) is 0 Å². The summed E-state index contributed by atoms with van der Waals surface area (Å²) in [6, 6.07) is 17.1. The summed E-state index contributed by atoms with van der Waals surface area (Å²) >= 11 is 0. The smallest absolute Gasteiger partial charge is 0.0251 e. The average Bonchev–Trinajstić information content (AvgIpc) is 2.59. The molecule has 0 spiro atoms. The van der Waals surface area contributed by atoms with Crippen LogP contribution in [0.1, 0.15) is 54.9 Å². The molecule has 0 fully saturated rings. The minimum Gasteiger partial charge on any atom is -0.103 e. The molecule has 23 heavy (non-hydrogen) atoms. The van der Waals surface area contributed by atoms with Crippen LogP contribution >= 0.6 is 0 Å². The third kappa shape index (κ3) is 6.17. The molecule has 0 aliphatic carbocycles. The predicted octanol–water partition coefficient (Wildman–Crippen LogP) is 5.94. The Morgan fingerprint density at radius 1 is 0.870 bits per heavy atom. The standard InChI is InChI=1S/C23H26/c1-3-5-6-7-10-22-11-8-12-23(19-22)18-17-21-15-13-20(9-4-2)14-16-21/h4,8,11-16,19H,2-3,5-7,9-10H2,1H3. The lowest BCUT2D eigenvalue weighted by Gasteiger charge is -2.01. The van der Waals surface area contributed by atoms with Crippen LogP contribution in [0.2, 0.25) is 0 Å². The van der Waals surface area contributed by atoms with Gasteiger partial charge in [0, 0.05) is 11.1 Å². The minimum atomic E-state index is 0.911. The molecule has 0 aliphatic rings. The van der Waals surface area contributed by atoms with E-state index >= 15 is 0 Å². The quantitative estimate of drug-likeness (QED) is 0.337. The number of hydrogen-bond acceptors (Lipinski definition) is 0. The highest BCUT2D eigenvalue weighted by Crippen LogP contribution is 2.10. The summed E-state index contributed by atoms with van der Waals surface area (Å²) in [6.07, 6.45) is 9.21. The van der Waals surface area contributed by atoms with Gasteiger partial charge in [-0.05, 0) is 54.7 Å². The van der Waals surface area contributed by atoms with E-state index in [-0.39, 0.29) is 0 Å². The molecule has 0 unspecified atom stereocenters. The van der Waals surface area contributed by atoms with Crippen LogP contribution in [-0.4, -0.2) is 0 Å². The Balaban J connectivity index is 1.98. The van der Waals surface area contributed by atoms with Crippen molar-refractivity contribution in [3.05, 3.63) is 83.4 Å². The summed E-state index contributed by atoms with van der Waals surface area (Å²) in [5.74, 6) is 6.54. The van der Waals surface area contributed by atoms with Crippen LogP contribution in [0.4, 0.5) is 0 Å². The molecule has 0 nitrogen and oxygen atoms in total. The number of unbranched alkanes of at least 4 members (excludes halogenated alkanes) is 3. The van der Waals surface area contributed by atoms with Crippen LogP contribution < -0.4 is 0 Å². The lowest BCUT2D eigenvalue weighted by molar-refractivity contribution is 0.667. The second kappa shape index (κ2) is 9.70. The molecule has 0 heteroatoms. The van der Waals surface area contributed by atoms with Crippen molar-refractivity contribution in [3.63, 3.8) is 0 Å². The molecular formula is C23H26. The fraction of sp³-hybridized carbons (Fsp3) is 0.304. The van der Waals surface area contributed by atoms with E-state index in [1.165, 1.54) is 36.8 Å². The highest BCUT2D eigenvalue weighted by atomic mass is 14.0. The van der Waals surface area contributed by atoms with E-state index in [0.29, 0.717) is 0 Å². The van der Waals surface area contributed by atoms with E-state index in [9.17, 15) is 0 Å². The van der Waals surface area contributed by atoms with Gasteiger partial charge in [0.1, 0.15) is 0 Å². The van der Waals surface area contributed by atoms with Gasteiger partial charge < -0.3 is 0 Å². The molecule has 0 atom stereocenters. The molecule has 2 aromatic carbocycles. The van der Waals surface area contributed by atoms with Crippen LogP contribution in [0.3, 0.4) is 0 Å². The summed E-state index contributed by atoms with van der Waals surface area (Å²) in [5, 5.41) is 0. The Kier molecular flexibility index (Phi) is 7.21.